The van der Waals surface area contributed by atoms with Gasteiger partial charge in [-0.25, -0.2) is 9.37 Å². The van der Waals surface area contributed by atoms with Gasteiger partial charge in [-0.05, 0) is 54.8 Å². The van der Waals surface area contributed by atoms with Gasteiger partial charge in [-0.15, -0.1) is 6.58 Å². The number of halogens is 1. The summed E-state index contributed by atoms with van der Waals surface area (Å²) in [7, 11) is 0. The molecule has 0 aliphatic heterocycles. The van der Waals surface area contributed by atoms with E-state index in [2.05, 4.69) is 53.1 Å². The highest BCUT2D eigenvalue weighted by Gasteiger charge is 2.12. The van der Waals surface area contributed by atoms with Gasteiger partial charge in [-0.2, -0.15) is 15.0 Å². The highest BCUT2D eigenvalue weighted by molar-refractivity contribution is 7.80. The summed E-state index contributed by atoms with van der Waals surface area (Å²) in [5.74, 6) is 0.206. The van der Waals surface area contributed by atoms with Gasteiger partial charge in [0.1, 0.15) is 5.82 Å². The Morgan fingerprint density at radius 2 is 1.62 bits per heavy atom. The van der Waals surface area contributed by atoms with Gasteiger partial charge in [-0.3, -0.25) is 5.32 Å². The Bertz CT molecular complexity index is 1340. The molecule has 34 heavy (non-hydrogen) atoms. The zero-order valence-electron chi connectivity index (χ0n) is 17.5. The van der Waals surface area contributed by atoms with Gasteiger partial charge in [0, 0.05) is 12.2 Å². The van der Waals surface area contributed by atoms with E-state index in [0.29, 0.717) is 27.0 Å². The van der Waals surface area contributed by atoms with Crippen LogP contribution >= 0.6 is 35.8 Å². The molecule has 0 amide bonds. The van der Waals surface area contributed by atoms with E-state index < -0.39 is 0 Å². The number of nitrogens with zero attached hydrogens (tertiary/aromatic N) is 4. The first-order chi connectivity index (χ1) is 16.5. The van der Waals surface area contributed by atoms with Crippen LogP contribution < -0.4 is 26.6 Å². The maximum atomic E-state index is 13.5. The van der Waals surface area contributed by atoms with Crippen LogP contribution in [-0.4, -0.2) is 36.7 Å². The Morgan fingerprint density at radius 1 is 0.912 bits per heavy atom. The van der Waals surface area contributed by atoms with Crippen LogP contribution in [0.15, 0.2) is 61.2 Å². The molecule has 13 heteroatoms. The molecule has 0 aliphatic carbocycles. The number of nitrogens with one attached hydrogen (secondary N) is 5. The van der Waals surface area contributed by atoms with Crippen molar-refractivity contribution in [1.82, 2.24) is 25.3 Å². The van der Waals surface area contributed by atoms with Crippen molar-refractivity contribution in [3.8, 4) is 0 Å². The van der Waals surface area contributed by atoms with Gasteiger partial charge in [0.25, 0.3) is 0 Å². The molecule has 0 saturated carbocycles. The summed E-state index contributed by atoms with van der Waals surface area (Å²) in [5.41, 5.74) is 1.46. The third-order valence-corrected chi connectivity index (χ3v) is 5.48. The van der Waals surface area contributed by atoms with Crippen molar-refractivity contribution in [1.29, 1.82) is 0 Å². The van der Waals surface area contributed by atoms with Crippen LogP contribution in [-0.2, 0) is 0 Å². The smallest absolute Gasteiger partial charge is 0.235 e. The van der Waals surface area contributed by atoms with Crippen LogP contribution in [0.1, 0.15) is 0 Å². The molecule has 4 aromatic rings. The second-order valence-corrected chi connectivity index (χ2v) is 8.48. The molecule has 0 aliphatic rings. The first kappa shape index (κ1) is 23.4. The predicted molar refractivity (Wildman–Crippen MR) is 143 cm³/mol. The van der Waals surface area contributed by atoms with E-state index in [4.69, 9.17) is 24.4 Å². The maximum Gasteiger partial charge on any atom is 0.235 e. The summed E-state index contributed by atoms with van der Waals surface area (Å²) in [6.07, 6.45) is 1.67. The molecule has 2 aromatic carbocycles. The average molecular weight is 512 g/mol. The number of rotatable bonds is 7. The summed E-state index contributed by atoms with van der Waals surface area (Å²) in [6.45, 7) is 4.12. The van der Waals surface area contributed by atoms with Crippen LogP contribution in [0, 0.1) is 5.82 Å². The molecule has 2 aromatic heterocycles. The minimum absolute atomic E-state index is 0.173. The number of benzene rings is 2. The number of thiazole rings is 1. The topological polar surface area (TPSA) is 112 Å². The summed E-state index contributed by atoms with van der Waals surface area (Å²) in [6, 6.07) is 13.8. The third-order valence-electron chi connectivity index (χ3n) is 4.09. The number of thiocarbonyl (C=S) groups is 2. The molecule has 9 nitrogen and oxygen atoms in total. The lowest BCUT2D eigenvalue weighted by atomic mass is 10.3. The Morgan fingerprint density at radius 3 is 2.35 bits per heavy atom. The molecular formula is C21H18FN9S3. The van der Waals surface area contributed by atoms with Crippen LogP contribution in [0.4, 0.5) is 33.1 Å². The number of aromatic nitrogens is 4. The van der Waals surface area contributed by atoms with Gasteiger partial charge in [-0.1, -0.05) is 35.6 Å². The fourth-order valence-corrected chi connectivity index (χ4v) is 3.96. The first-order valence-corrected chi connectivity index (χ1v) is 11.5. The van der Waals surface area contributed by atoms with E-state index in [9.17, 15) is 4.39 Å². The standard InChI is InChI=1S/C21H18FN9S3/c1-2-10-23-19(32)29-16-26-17(30-20(33)24-13-6-4-3-5-7-13)28-18(27-16)31-21-25-14-9-8-12(22)11-15(14)34-21/h2-9,11H,1,10H2,(H5,23,24,25,26,27,28,29,30,31,32,33). The Labute approximate surface area is 209 Å². The average Bonchev–Trinajstić information content (AvgIpc) is 3.19. The van der Waals surface area contributed by atoms with Crippen LogP contribution in [0.5, 0.6) is 0 Å². The molecule has 0 radical (unpaired) electrons. The van der Waals surface area contributed by atoms with Gasteiger partial charge >= 0.3 is 0 Å². The van der Waals surface area contributed by atoms with Crippen LogP contribution in [0.25, 0.3) is 10.2 Å². The zero-order valence-corrected chi connectivity index (χ0v) is 20.0. The number of hydrogen-bond donors (Lipinski definition) is 5. The van der Waals surface area contributed by atoms with Crippen molar-refractivity contribution in [3.63, 3.8) is 0 Å². The van der Waals surface area contributed by atoms with E-state index in [-0.39, 0.29) is 28.8 Å². The minimum Gasteiger partial charge on any atom is -0.359 e. The monoisotopic (exact) mass is 511 g/mol. The van der Waals surface area contributed by atoms with Crippen molar-refractivity contribution >= 4 is 84.9 Å². The number of para-hydroxylation sites is 1. The molecule has 2 heterocycles. The third kappa shape index (κ3) is 6.37. The van der Waals surface area contributed by atoms with Crippen LogP contribution in [0.2, 0.25) is 0 Å². The summed E-state index contributed by atoms with van der Waals surface area (Å²) in [5, 5.41) is 16.0. The van der Waals surface area contributed by atoms with E-state index in [1.54, 1.807) is 12.1 Å². The minimum atomic E-state index is -0.333. The zero-order chi connectivity index (χ0) is 23.9. The lowest BCUT2D eigenvalue weighted by Gasteiger charge is -2.12. The van der Waals surface area contributed by atoms with Gasteiger partial charge in [0.2, 0.25) is 17.8 Å². The Kier molecular flexibility index (Phi) is 7.47. The van der Waals surface area contributed by atoms with Gasteiger partial charge < -0.3 is 21.3 Å². The summed E-state index contributed by atoms with van der Waals surface area (Å²) < 4.78 is 14.2. The van der Waals surface area contributed by atoms with E-state index in [1.807, 2.05) is 30.3 Å². The second-order valence-electron chi connectivity index (χ2n) is 6.63. The fourth-order valence-electron chi connectivity index (χ4n) is 2.69. The van der Waals surface area contributed by atoms with Crippen molar-refractivity contribution in [2.75, 3.05) is 27.8 Å². The Hall–Kier alpha value is -3.81. The molecule has 172 valence electrons. The van der Waals surface area contributed by atoms with Gasteiger partial charge in [0.05, 0.1) is 10.2 Å². The second kappa shape index (κ2) is 10.9. The predicted octanol–water partition coefficient (Wildman–Crippen LogP) is 4.65. The fraction of sp³-hybridized carbons (Fsp3) is 0.0476. The normalized spacial score (nSPS) is 10.4. The summed E-state index contributed by atoms with van der Waals surface area (Å²) >= 11 is 11.9. The van der Waals surface area contributed by atoms with E-state index >= 15 is 0 Å². The molecule has 5 N–H and O–H groups in total. The molecule has 0 spiro atoms. The highest BCUT2D eigenvalue weighted by atomic mass is 32.1. The van der Waals surface area contributed by atoms with Crippen molar-refractivity contribution in [2.24, 2.45) is 0 Å². The van der Waals surface area contributed by atoms with E-state index in [1.165, 1.54) is 23.5 Å². The largest absolute Gasteiger partial charge is 0.359 e. The van der Waals surface area contributed by atoms with Crippen molar-refractivity contribution in [2.45, 2.75) is 0 Å². The van der Waals surface area contributed by atoms with Crippen molar-refractivity contribution in [3.05, 3.63) is 67.0 Å². The summed E-state index contributed by atoms with van der Waals surface area (Å²) in [4.78, 5) is 17.5. The molecule has 0 unspecified atom stereocenters. The quantitative estimate of drug-likeness (QED) is 0.177. The molecule has 4 rings (SSSR count). The molecule has 0 bridgehead atoms. The van der Waals surface area contributed by atoms with Gasteiger partial charge in [0.15, 0.2) is 15.4 Å². The lowest BCUT2D eigenvalue weighted by Crippen LogP contribution is -2.29. The highest BCUT2D eigenvalue weighted by Crippen LogP contribution is 2.28. The van der Waals surface area contributed by atoms with E-state index in [0.717, 1.165) is 5.69 Å². The molecule has 0 saturated heterocycles. The van der Waals surface area contributed by atoms with Crippen LogP contribution in [0.3, 0.4) is 0 Å². The lowest BCUT2D eigenvalue weighted by molar-refractivity contribution is 0.630. The molecular weight excluding hydrogens is 493 g/mol. The first-order valence-electron chi connectivity index (χ1n) is 9.86. The number of hydrogen-bond acceptors (Lipinski definition) is 8. The number of anilines is 5. The SMILES string of the molecule is C=CCNC(=S)Nc1nc(NC(=S)Nc2ccccc2)nc(Nc2nc3ccc(F)cc3s2)n1. The molecule has 0 atom stereocenters. The molecule has 0 fully saturated rings. The van der Waals surface area contributed by atoms with Crippen molar-refractivity contribution < 1.29 is 4.39 Å². The maximum absolute atomic E-state index is 13.5. The Balaban J connectivity index is 1.57. The number of fused-ring (bicyclic) bond motifs is 1.